The molecular weight excluding hydrogens is 266 g/mol. The molecule has 6 nitrogen and oxygen atoms in total. The van der Waals surface area contributed by atoms with Gasteiger partial charge in [-0.2, -0.15) is 4.21 Å². The highest BCUT2D eigenvalue weighted by atomic mass is 32.1. The number of aromatic nitrogens is 1. The molecule has 0 aliphatic rings. The predicted molar refractivity (Wildman–Crippen MR) is 70.7 cm³/mol. The smallest absolute Gasteiger partial charge is 0.291 e. The van der Waals surface area contributed by atoms with E-state index < -0.39 is 5.91 Å². The van der Waals surface area contributed by atoms with Crippen molar-refractivity contribution in [3.63, 3.8) is 0 Å². The summed E-state index contributed by atoms with van der Waals surface area (Å²) in [6.07, 6.45) is 1.25. The molecule has 1 aromatic carbocycles. The highest BCUT2D eigenvalue weighted by Crippen LogP contribution is 2.27. The van der Waals surface area contributed by atoms with Crippen molar-refractivity contribution in [2.75, 3.05) is 5.73 Å². The molecule has 7 heteroatoms. The Morgan fingerprint density at radius 2 is 2.16 bits per heavy atom. The summed E-state index contributed by atoms with van der Waals surface area (Å²) in [6.45, 7) is 0. The van der Waals surface area contributed by atoms with E-state index in [0.29, 0.717) is 11.1 Å². The lowest BCUT2D eigenvalue weighted by atomic mass is 10.0. The highest BCUT2D eigenvalue weighted by Gasteiger charge is 2.10. The third kappa shape index (κ3) is 2.83. The molecule has 0 radical (unpaired) electrons. The van der Waals surface area contributed by atoms with Gasteiger partial charge < -0.3 is 10.8 Å². The summed E-state index contributed by atoms with van der Waals surface area (Å²) < 4.78 is 13.4. The minimum Gasteiger partial charge on any atom is -0.508 e. The number of rotatable bonds is 2. The van der Waals surface area contributed by atoms with Gasteiger partial charge in [0.25, 0.3) is 5.91 Å². The summed E-state index contributed by atoms with van der Waals surface area (Å²) in [5, 5.41) is 9.44. The fourth-order valence-electron chi connectivity index (χ4n) is 1.58. The van der Waals surface area contributed by atoms with Crippen LogP contribution in [-0.4, -0.2) is 20.2 Å². The monoisotopic (exact) mass is 275 g/mol. The first-order chi connectivity index (χ1) is 9.11. The zero-order chi connectivity index (χ0) is 13.8. The average Bonchev–Trinajstić information content (AvgIpc) is 2.39. The van der Waals surface area contributed by atoms with Crippen molar-refractivity contribution < 1.29 is 14.1 Å². The average molecular weight is 275 g/mol. The van der Waals surface area contributed by atoms with Gasteiger partial charge in [-0.15, -0.1) is 4.36 Å². The fraction of sp³-hybridized carbons (Fsp3) is 0. The van der Waals surface area contributed by atoms with Crippen LogP contribution < -0.4 is 5.73 Å². The van der Waals surface area contributed by atoms with Crippen molar-refractivity contribution >= 4 is 23.2 Å². The Kier molecular flexibility index (Phi) is 3.67. The van der Waals surface area contributed by atoms with Crippen LogP contribution in [0.3, 0.4) is 0 Å². The highest BCUT2D eigenvalue weighted by molar-refractivity contribution is 7.55. The second-order valence-electron chi connectivity index (χ2n) is 3.68. The molecular formula is C12H9N3O3S. The predicted octanol–water partition coefficient (Wildman–Crippen LogP) is 1.57. The van der Waals surface area contributed by atoms with Crippen LogP contribution >= 0.6 is 0 Å². The SMILES string of the molecule is Nc1ncc(C(=O)N=S=O)cc1-c1cccc(O)c1. The number of nitrogen functional groups attached to an aromatic ring is 1. The Balaban J connectivity index is 2.54. The van der Waals surface area contributed by atoms with E-state index in [4.69, 9.17) is 5.73 Å². The van der Waals surface area contributed by atoms with E-state index in [1.165, 1.54) is 24.4 Å². The van der Waals surface area contributed by atoms with Gasteiger partial charge in [-0.3, -0.25) is 4.79 Å². The van der Waals surface area contributed by atoms with Gasteiger partial charge in [0.05, 0.1) is 5.56 Å². The number of hydrogen-bond acceptors (Lipinski definition) is 5. The molecule has 0 saturated carbocycles. The molecule has 2 aromatic rings. The van der Waals surface area contributed by atoms with Gasteiger partial charge in [-0.1, -0.05) is 12.1 Å². The number of pyridine rings is 1. The van der Waals surface area contributed by atoms with Gasteiger partial charge in [0, 0.05) is 11.8 Å². The minimum atomic E-state index is -0.672. The zero-order valence-electron chi connectivity index (χ0n) is 9.61. The van der Waals surface area contributed by atoms with E-state index in [1.54, 1.807) is 12.1 Å². The number of phenolic OH excluding ortho intramolecular Hbond substituents is 1. The van der Waals surface area contributed by atoms with Gasteiger partial charge in [0.1, 0.15) is 11.6 Å². The maximum absolute atomic E-state index is 11.5. The maximum atomic E-state index is 11.5. The maximum Gasteiger partial charge on any atom is 0.291 e. The number of amides is 1. The standard InChI is InChI=1S/C12H9N3O3S/c13-11-10(7-2-1-3-9(16)4-7)5-8(6-14-11)12(17)15-19-18/h1-6,16H,(H2,13,14). The number of nitrogens with two attached hydrogens (primary N) is 1. The van der Waals surface area contributed by atoms with Crippen molar-refractivity contribution in [3.05, 3.63) is 42.1 Å². The largest absolute Gasteiger partial charge is 0.508 e. The van der Waals surface area contributed by atoms with Crippen LogP contribution in [0.1, 0.15) is 10.4 Å². The van der Waals surface area contributed by atoms with E-state index in [1.807, 2.05) is 0 Å². The molecule has 2 rings (SSSR count). The fourth-order valence-corrected chi connectivity index (χ4v) is 1.76. The number of nitrogens with zero attached hydrogens (tertiary/aromatic N) is 2. The summed E-state index contributed by atoms with van der Waals surface area (Å²) in [5.41, 5.74) is 7.02. The van der Waals surface area contributed by atoms with E-state index in [0.717, 1.165) is 0 Å². The molecule has 0 aliphatic heterocycles. The van der Waals surface area contributed by atoms with Gasteiger partial charge in [0.2, 0.25) is 11.5 Å². The van der Waals surface area contributed by atoms with Crippen LogP contribution in [0.5, 0.6) is 5.75 Å². The van der Waals surface area contributed by atoms with Crippen LogP contribution in [0.25, 0.3) is 11.1 Å². The zero-order valence-corrected chi connectivity index (χ0v) is 10.4. The molecule has 0 fully saturated rings. The van der Waals surface area contributed by atoms with Gasteiger partial charge in [-0.05, 0) is 23.8 Å². The number of anilines is 1. The molecule has 0 unspecified atom stereocenters. The summed E-state index contributed by atoms with van der Waals surface area (Å²) in [7, 11) is 0. The van der Waals surface area contributed by atoms with Crippen LogP contribution in [0, 0.1) is 0 Å². The Morgan fingerprint density at radius 1 is 1.37 bits per heavy atom. The molecule has 19 heavy (non-hydrogen) atoms. The molecule has 3 N–H and O–H groups in total. The van der Waals surface area contributed by atoms with E-state index in [2.05, 4.69) is 9.35 Å². The first-order valence-electron chi connectivity index (χ1n) is 5.21. The van der Waals surface area contributed by atoms with Crippen LogP contribution in [0.2, 0.25) is 0 Å². The lowest BCUT2D eigenvalue weighted by Gasteiger charge is -2.06. The Bertz CT molecular complexity index is 696. The Labute approximate surface area is 112 Å². The topological polar surface area (TPSA) is 106 Å². The third-order valence-corrected chi connectivity index (χ3v) is 2.68. The second-order valence-corrected chi connectivity index (χ2v) is 4.01. The normalized spacial score (nSPS) is 9.89. The summed E-state index contributed by atoms with van der Waals surface area (Å²) >= 11 is -0.161. The lowest BCUT2D eigenvalue weighted by molar-refractivity contribution is 0.100. The molecule has 1 amide bonds. The molecule has 0 saturated heterocycles. The summed E-state index contributed by atoms with van der Waals surface area (Å²) in [6, 6.07) is 7.88. The Hall–Kier alpha value is -2.54. The molecule has 0 aliphatic carbocycles. The Morgan fingerprint density at radius 3 is 2.84 bits per heavy atom. The van der Waals surface area contributed by atoms with Crippen molar-refractivity contribution in [1.29, 1.82) is 0 Å². The number of carbonyl (C=O) groups excluding carboxylic acids is 1. The first-order valence-corrected chi connectivity index (χ1v) is 5.91. The van der Waals surface area contributed by atoms with Crippen molar-refractivity contribution in [2.45, 2.75) is 0 Å². The third-order valence-electron chi connectivity index (χ3n) is 2.44. The van der Waals surface area contributed by atoms with Crippen LogP contribution in [0.4, 0.5) is 5.82 Å². The second kappa shape index (κ2) is 5.40. The molecule has 0 bridgehead atoms. The van der Waals surface area contributed by atoms with Crippen molar-refractivity contribution in [3.8, 4) is 16.9 Å². The van der Waals surface area contributed by atoms with Gasteiger partial charge >= 0.3 is 0 Å². The number of aromatic hydroxyl groups is 1. The van der Waals surface area contributed by atoms with E-state index >= 15 is 0 Å². The number of benzene rings is 1. The van der Waals surface area contributed by atoms with Crippen molar-refractivity contribution in [2.24, 2.45) is 4.36 Å². The first kappa shape index (κ1) is 12.9. The van der Waals surface area contributed by atoms with E-state index in [9.17, 15) is 14.1 Å². The molecule has 0 spiro atoms. The number of hydrogen-bond donors (Lipinski definition) is 2. The number of phenols is 1. The lowest BCUT2D eigenvalue weighted by Crippen LogP contribution is -2.00. The minimum absolute atomic E-state index is 0.0773. The van der Waals surface area contributed by atoms with Crippen molar-refractivity contribution in [1.82, 2.24) is 4.98 Å². The molecule has 1 aromatic heterocycles. The summed E-state index contributed by atoms with van der Waals surface area (Å²) in [4.78, 5) is 15.4. The number of carbonyl (C=O) groups is 1. The van der Waals surface area contributed by atoms with E-state index in [-0.39, 0.29) is 28.6 Å². The van der Waals surface area contributed by atoms with Gasteiger partial charge in [-0.25, -0.2) is 4.98 Å². The van der Waals surface area contributed by atoms with Crippen LogP contribution in [-0.2, 0) is 11.5 Å². The molecule has 96 valence electrons. The van der Waals surface area contributed by atoms with Crippen LogP contribution in [0.15, 0.2) is 40.9 Å². The quantitative estimate of drug-likeness (QED) is 0.865. The molecule has 0 atom stereocenters. The van der Waals surface area contributed by atoms with Gasteiger partial charge in [0.15, 0.2) is 0 Å². The molecule has 1 heterocycles. The summed E-state index contributed by atoms with van der Waals surface area (Å²) in [5.74, 6) is -0.376.